The maximum absolute atomic E-state index is 12.7. The summed E-state index contributed by atoms with van der Waals surface area (Å²) in [6.07, 6.45) is 1.48. The zero-order valence-corrected chi connectivity index (χ0v) is 20.4. The van der Waals surface area contributed by atoms with Gasteiger partial charge in [0, 0.05) is 37.5 Å². The van der Waals surface area contributed by atoms with E-state index in [9.17, 15) is 4.79 Å². The fourth-order valence-electron chi connectivity index (χ4n) is 3.79. The lowest BCUT2D eigenvalue weighted by atomic mass is 10.2. The second-order valence-electron chi connectivity index (χ2n) is 7.75. The Labute approximate surface area is 197 Å². The van der Waals surface area contributed by atoms with Gasteiger partial charge in [0.05, 0.1) is 18.9 Å². The number of piperazine rings is 1. The lowest BCUT2D eigenvalue weighted by Gasteiger charge is -2.34. The number of hydrogen-bond donors (Lipinski definition) is 0. The van der Waals surface area contributed by atoms with Crippen LogP contribution in [0.3, 0.4) is 0 Å². The van der Waals surface area contributed by atoms with Crippen molar-refractivity contribution < 1.29 is 14.3 Å². The molecule has 8 heteroatoms. The zero-order chi connectivity index (χ0) is 22.5. The monoisotopic (exact) mass is 471 g/mol. The first-order chi connectivity index (χ1) is 15.6. The van der Waals surface area contributed by atoms with Crippen LogP contribution in [0.4, 0.5) is 5.13 Å². The average molecular weight is 472 g/mol. The molecule has 0 bridgehead atoms. The molecule has 0 unspecified atom stereocenters. The second-order valence-corrected chi connectivity index (χ2v) is 9.90. The Morgan fingerprint density at radius 2 is 1.81 bits per heavy atom. The summed E-state index contributed by atoms with van der Waals surface area (Å²) in [7, 11) is 3.35. The highest BCUT2D eigenvalue weighted by Gasteiger charge is 2.23. The van der Waals surface area contributed by atoms with Gasteiger partial charge in [-0.2, -0.15) is 0 Å². The van der Waals surface area contributed by atoms with E-state index in [1.807, 2.05) is 23.1 Å². The lowest BCUT2D eigenvalue weighted by Crippen LogP contribution is -2.48. The molecule has 0 N–H and O–H groups in total. The van der Waals surface area contributed by atoms with Gasteiger partial charge in [0.2, 0.25) is 5.91 Å². The van der Waals surface area contributed by atoms with Gasteiger partial charge in [0.25, 0.3) is 0 Å². The van der Waals surface area contributed by atoms with Crippen LogP contribution in [0, 0.1) is 6.92 Å². The molecule has 0 aliphatic carbocycles. The van der Waals surface area contributed by atoms with E-state index in [4.69, 9.17) is 14.5 Å². The molecule has 170 valence electrons. The normalized spacial score (nSPS) is 14.1. The molecule has 4 rings (SSSR count). The van der Waals surface area contributed by atoms with Crippen LogP contribution in [0.5, 0.6) is 11.5 Å². The number of benzene rings is 2. The van der Waals surface area contributed by atoms with Crippen LogP contribution < -0.4 is 14.4 Å². The molecule has 1 aromatic heterocycles. The topological polar surface area (TPSA) is 54.9 Å². The summed E-state index contributed by atoms with van der Waals surface area (Å²) < 4.78 is 11.8. The van der Waals surface area contributed by atoms with Crippen molar-refractivity contribution in [2.24, 2.45) is 0 Å². The molecule has 2 aromatic carbocycles. The van der Waals surface area contributed by atoms with Gasteiger partial charge < -0.3 is 19.3 Å². The molecule has 1 aliphatic rings. The molecule has 0 spiro atoms. The predicted molar refractivity (Wildman–Crippen MR) is 133 cm³/mol. The second kappa shape index (κ2) is 10.4. The number of fused-ring (bicyclic) bond motifs is 1. The van der Waals surface area contributed by atoms with Crippen LogP contribution in [0.2, 0.25) is 0 Å². The lowest BCUT2D eigenvalue weighted by molar-refractivity contribution is -0.131. The fourth-order valence-corrected chi connectivity index (χ4v) is 5.75. The first-order valence-electron chi connectivity index (χ1n) is 10.8. The first-order valence-corrected chi connectivity index (χ1v) is 12.6. The number of anilines is 1. The Morgan fingerprint density at radius 3 is 2.50 bits per heavy atom. The summed E-state index contributed by atoms with van der Waals surface area (Å²) in [6.45, 7) is 5.22. The van der Waals surface area contributed by atoms with Crippen LogP contribution in [0.15, 0.2) is 41.3 Å². The quantitative estimate of drug-likeness (QED) is 0.346. The third-order valence-electron chi connectivity index (χ3n) is 5.68. The number of rotatable bonds is 8. The summed E-state index contributed by atoms with van der Waals surface area (Å²) >= 11 is 3.49. The molecule has 0 atom stereocenters. The van der Waals surface area contributed by atoms with Gasteiger partial charge in [0.15, 0.2) is 5.13 Å². The summed E-state index contributed by atoms with van der Waals surface area (Å²) in [4.78, 5) is 23.0. The smallest absolute Gasteiger partial charge is 0.222 e. The molecule has 0 radical (unpaired) electrons. The highest BCUT2D eigenvalue weighted by atomic mass is 32.2. The number of aryl methyl sites for hydroxylation is 1. The minimum Gasteiger partial charge on any atom is -0.497 e. The number of ether oxygens (including phenoxy) is 2. The Morgan fingerprint density at radius 1 is 1.06 bits per heavy atom. The van der Waals surface area contributed by atoms with Crippen LogP contribution in [0.25, 0.3) is 10.2 Å². The van der Waals surface area contributed by atoms with E-state index in [1.165, 1.54) is 15.2 Å². The number of hydrogen-bond acceptors (Lipinski definition) is 7. The molecule has 2 heterocycles. The van der Waals surface area contributed by atoms with Gasteiger partial charge in [-0.05, 0) is 55.0 Å². The molecule has 1 saturated heterocycles. The number of amides is 1. The zero-order valence-electron chi connectivity index (χ0n) is 18.8. The number of thiazole rings is 1. The van der Waals surface area contributed by atoms with Crippen LogP contribution in [-0.4, -0.2) is 61.9 Å². The number of aromatic nitrogens is 1. The minimum absolute atomic E-state index is 0.252. The van der Waals surface area contributed by atoms with E-state index in [1.54, 1.807) is 37.3 Å². The standard InChI is InChI=1S/C24H29N3O3S2/c1-17-6-11-20(30-3)22-23(17)32-24(25-22)27-14-12-26(13-15-27)21(28)5-4-16-31-19-9-7-18(29-2)8-10-19/h6-11H,4-5,12-16H2,1-3H3. The molecule has 1 fully saturated rings. The van der Waals surface area contributed by atoms with Gasteiger partial charge in [-0.1, -0.05) is 17.4 Å². The molecule has 0 saturated carbocycles. The number of carbonyl (C=O) groups is 1. The third kappa shape index (κ3) is 5.13. The summed E-state index contributed by atoms with van der Waals surface area (Å²) in [5, 5.41) is 1.01. The Bertz CT molecular complexity index is 1060. The average Bonchev–Trinajstić information content (AvgIpc) is 3.29. The Kier molecular flexibility index (Phi) is 7.42. The van der Waals surface area contributed by atoms with Crippen molar-refractivity contribution in [1.29, 1.82) is 0 Å². The molecule has 6 nitrogen and oxygen atoms in total. The molecular formula is C24H29N3O3S2. The molecule has 3 aromatic rings. The minimum atomic E-state index is 0.252. The van der Waals surface area contributed by atoms with Gasteiger partial charge in [0.1, 0.15) is 17.0 Å². The van der Waals surface area contributed by atoms with Gasteiger partial charge in [-0.15, -0.1) is 11.8 Å². The van der Waals surface area contributed by atoms with Crippen molar-refractivity contribution in [3.8, 4) is 11.5 Å². The summed E-state index contributed by atoms with van der Waals surface area (Å²) in [5.74, 6) is 2.87. The van der Waals surface area contributed by atoms with Gasteiger partial charge in [-0.3, -0.25) is 4.79 Å². The Hall–Kier alpha value is -2.45. The SMILES string of the molecule is COc1ccc(SCCCC(=O)N2CCN(c3nc4c(OC)ccc(C)c4s3)CC2)cc1. The molecule has 1 aliphatic heterocycles. The maximum Gasteiger partial charge on any atom is 0.222 e. The highest BCUT2D eigenvalue weighted by molar-refractivity contribution is 7.99. The molecular weight excluding hydrogens is 442 g/mol. The number of nitrogens with zero attached hydrogens (tertiary/aromatic N) is 3. The van der Waals surface area contributed by atoms with E-state index < -0.39 is 0 Å². The number of thioether (sulfide) groups is 1. The van der Waals surface area contributed by atoms with Crippen molar-refractivity contribution in [2.45, 2.75) is 24.7 Å². The van der Waals surface area contributed by atoms with Crippen LogP contribution in [0.1, 0.15) is 18.4 Å². The van der Waals surface area contributed by atoms with Crippen molar-refractivity contribution in [1.82, 2.24) is 9.88 Å². The van der Waals surface area contributed by atoms with Gasteiger partial charge >= 0.3 is 0 Å². The highest BCUT2D eigenvalue weighted by Crippen LogP contribution is 2.36. The van der Waals surface area contributed by atoms with E-state index in [0.29, 0.717) is 6.42 Å². The van der Waals surface area contributed by atoms with E-state index in [0.717, 1.165) is 60.5 Å². The van der Waals surface area contributed by atoms with E-state index in [2.05, 4.69) is 30.0 Å². The van der Waals surface area contributed by atoms with Gasteiger partial charge in [-0.25, -0.2) is 4.98 Å². The summed E-state index contributed by atoms with van der Waals surface area (Å²) in [6, 6.07) is 12.1. The fraction of sp³-hybridized carbons (Fsp3) is 0.417. The first kappa shape index (κ1) is 22.7. The number of carbonyl (C=O) groups excluding carboxylic acids is 1. The van der Waals surface area contributed by atoms with E-state index >= 15 is 0 Å². The van der Waals surface area contributed by atoms with Crippen molar-refractivity contribution in [3.05, 3.63) is 42.0 Å². The van der Waals surface area contributed by atoms with Crippen molar-refractivity contribution in [3.63, 3.8) is 0 Å². The predicted octanol–water partition coefficient (Wildman–Crippen LogP) is 4.84. The van der Waals surface area contributed by atoms with Crippen molar-refractivity contribution in [2.75, 3.05) is 51.1 Å². The van der Waals surface area contributed by atoms with E-state index in [-0.39, 0.29) is 5.91 Å². The summed E-state index contributed by atoms with van der Waals surface area (Å²) in [5.41, 5.74) is 2.14. The van der Waals surface area contributed by atoms with Crippen LogP contribution in [-0.2, 0) is 4.79 Å². The van der Waals surface area contributed by atoms with Crippen LogP contribution >= 0.6 is 23.1 Å². The number of methoxy groups -OCH3 is 2. The third-order valence-corrected chi connectivity index (χ3v) is 8.03. The molecule has 1 amide bonds. The van der Waals surface area contributed by atoms with Crippen molar-refractivity contribution >= 4 is 44.4 Å². The molecule has 32 heavy (non-hydrogen) atoms. The Balaban J connectivity index is 1.25. The largest absolute Gasteiger partial charge is 0.497 e. The maximum atomic E-state index is 12.7.